The summed E-state index contributed by atoms with van der Waals surface area (Å²) in [7, 11) is 1.52. The molecule has 0 saturated carbocycles. The zero-order chi connectivity index (χ0) is 20.5. The average Bonchev–Trinajstić information content (AvgIpc) is 3.04. The number of alkyl halides is 3. The van der Waals surface area contributed by atoms with Crippen molar-refractivity contribution in [2.24, 2.45) is 0 Å². The van der Waals surface area contributed by atoms with Gasteiger partial charge in [0.1, 0.15) is 5.75 Å². The van der Waals surface area contributed by atoms with Gasteiger partial charge in [0.15, 0.2) is 5.69 Å². The van der Waals surface area contributed by atoms with Crippen LogP contribution < -0.4 is 10.1 Å². The third kappa shape index (κ3) is 3.94. The number of hydrogen-bond donors (Lipinski definition) is 1. The van der Waals surface area contributed by atoms with Gasteiger partial charge in [-0.05, 0) is 37.3 Å². The summed E-state index contributed by atoms with van der Waals surface area (Å²) >= 11 is 5.59. The molecule has 1 N–H and O–H groups in total. The van der Waals surface area contributed by atoms with E-state index < -0.39 is 22.7 Å². The highest BCUT2D eigenvalue weighted by atomic mass is 35.5. The maximum Gasteiger partial charge on any atom is 0.417 e. The lowest BCUT2D eigenvalue weighted by molar-refractivity contribution is -0.137. The van der Waals surface area contributed by atoms with Crippen molar-refractivity contribution in [3.05, 3.63) is 64.4 Å². The first kappa shape index (κ1) is 19.7. The molecule has 0 radical (unpaired) electrons. The van der Waals surface area contributed by atoms with Crippen LogP contribution in [0.3, 0.4) is 0 Å². The number of ether oxygens (including phenoxy) is 1. The van der Waals surface area contributed by atoms with Gasteiger partial charge in [-0.15, -0.1) is 5.10 Å². The molecule has 3 rings (SSSR count). The number of nitrogens with one attached hydrogen (secondary N) is 1. The molecule has 0 bridgehead atoms. The zero-order valence-electron chi connectivity index (χ0n) is 14.7. The van der Waals surface area contributed by atoms with Crippen molar-refractivity contribution in [3.8, 4) is 11.4 Å². The Hall–Kier alpha value is -3.07. The molecule has 1 amide bonds. The second-order valence-corrected chi connectivity index (χ2v) is 6.19. The molecule has 0 atom stereocenters. The second-order valence-electron chi connectivity index (χ2n) is 5.78. The Balaban J connectivity index is 1.87. The van der Waals surface area contributed by atoms with Crippen LogP contribution in [0.1, 0.15) is 21.7 Å². The predicted molar refractivity (Wildman–Crippen MR) is 97.1 cm³/mol. The molecule has 1 heterocycles. The average molecular weight is 411 g/mol. The van der Waals surface area contributed by atoms with E-state index in [0.717, 1.165) is 12.1 Å². The highest BCUT2D eigenvalue weighted by molar-refractivity contribution is 6.31. The first-order valence-corrected chi connectivity index (χ1v) is 8.33. The van der Waals surface area contributed by atoms with Crippen LogP contribution in [0.5, 0.6) is 5.75 Å². The van der Waals surface area contributed by atoms with Gasteiger partial charge in [0.05, 0.1) is 29.1 Å². The summed E-state index contributed by atoms with van der Waals surface area (Å²) in [6.45, 7) is 1.62. The van der Waals surface area contributed by atoms with Crippen LogP contribution in [0, 0.1) is 6.92 Å². The van der Waals surface area contributed by atoms with Crippen molar-refractivity contribution < 1.29 is 22.7 Å². The van der Waals surface area contributed by atoms with Gasteiger partial charge >= 0.3 is 6.18 Å². The third-order valence-electron chi connectivity index (χ3n) is 3.94. The smallest absolute Gasteiger partial charge is 0.417 e. The molecular weight excluding hydrogens is 397 g/mol. The maximum atomic E-state index is 13.0. The van der Waals surface area contributed by atoms with Gasteiger partial charge in [-0.2, -0.15) is 13.2 Å². The molecule has 0 fully saturated rings. The van der Waals surface area contributed by atoms with E-state index in [1.54, 1.807) is 31.2 Å². The summed E-state index contributed by atoms with van der Waals surface area (Å²) in [5.41, 5.74) is -0.0860. The number of carbonyl (C=O) groups excluding carboxylic acids is 1. The van der Waals surface area contributed by atoms with Crippen molar-refractivity contribution in [1.82, 2.24) is 15.0 Å². The highest BCUT2D eigenvalue weighted by Gasteiger charge is 2.33. The first-order chi connectivity index (χ1) is 13.2. The molecule has 6 nitrogen and oxygen atoms in total. The van der Waals surface area contributed by atoms with Crippen LogP contribution in [0.2, 0.25) is 5.02 Å². The molecule has 1 aromatic heterocycles. The third-order valence-corrected chi connectivity index (χ3v) is 4.27. The first-order valence-electron chi connectivity index (χ1n) is 7.95. The fourth-order valence-electron chi connectivity index (χ4n) is 2.54. The van der Waals surface area contributed by atoms with E-state index in [4.69, 9.17) is 16.3 Å². The Labute approximate surface area is 162 Å². The fraction of sp³-hybridized carbons (Fsp3) is 0.167. The SMILES string of the molecule is COc1cccc(-n2nnc(C(=O)Nc3ccc(Cl)c(C(F)(F)F)c3)c2C)c1. The number of hydrogen-bond acceptors (Lipinski definition) is 4. The standard InChI is InChI=1S/C18H14ClF3N4O2/c1-10-16(24-25-26(10)12-4-3-5-13(9-12)28-2)17(27)23-11-6-7-15(19)14(8-11)18(20,21)22/h3-9H,1-2H3,(H,23,27). The lowest BCUT2D eigenvalue weighted by atomic mass is 10.2. The Morgan fingerprint density at radius 2 is 1.96 bits per heavy atom. The van der Waals surface area contributed by atoms with Gasteiger partial charge in [0.25, 0.3) is 5.91 Å². The molecule has 0 saturated heterocycles. The molecule has 10 heteroatoms. The quantitative estimate of drug-likeness (QED) is 0.687. The van der Waals surface area contributed by atoms with E-state index in [1.807, 2.05) is 0 Å². The predicted octanol–water partition coefficient (Wildman–Crippen LogP) is 4.51. The number of anilines is 1. The van der Waals surface area contributed by atoms with Crippen LogP contribution >= 0.6 is 11.6 Å². The second kappa shape index (κ2) is 7.51. The number of benzene rings is 2. The molecule has 28 heavy (non-hydrogen) atoms. The van der Waals surface area contributed by atoms with Crippen molar-refractivity contribution in [2.75, 3.05) is 12.4 Å². The molecule has 0 spiro atoms. The van der Waals surface area contributed by atoms with Crippen molar-refractivity contribution in [2.45, 2.75) is 13.1 Å². The number of amides is 1. The van der Waals surface area contributed by atoms with E-state index in [9.17, 15) is 18.0 Å². The molecule has 0 unspecified atom stereocenters. The number of methoxy groups -OCH3 is 1. The van der Waals surface area contributed by atoms with Crippen molar-refractivity contribution in [3.63, 3.8) is 0 Å². The molecule has 0 aliphatic carbocycles. The normalized spacial score (nSPS) is 11.4. The Kier molecular flexibility index (Phi) is 5.28. The van der Waals surface area contributed by atoms with Gasteiger partial charge in [-0.25, -0.2) is 4.68 Å². The molecule has 0 aliphatic heterocycles. The van der Waals surface area contributed by atoms with E-state index in [2.05, 4.69) is 15.6 Å². The summed E-state index contributed by atoms with van der Waals surface area (Å²) in [4.78, 5) is 12.5. The Bertz CT molecular complexity index is 1030. The van der Waals surface area contributed by atoms with Crippen LogP contribution in [0.25, 0.3) is 5.69 Å². The lowest BCUT2D eigenvalue weighted by Gasteiger charge is -2.11. The number of carbonyl (C=O) groups is 1. The van der Waals surface area contributed by atoms with Crippen LogP contribution in [0.4, 0.5) is 18.9 Å². The minimum Gasteiger partial charge on any atom is -0.497 e. The summed E-state index contributed by atoms with van der Waals surface area (Å²) in [5, 5.41) is 9.72. The zero-order valence-corrected chi connectivity index (χ0v) is 15.5. The molecule has 0 aliphatic rings. The van der Waals surface area contributed by atoms with Crippen LogP contribution in [-0.4, -0.2) is 28.0 Å². The summed E-state index contributed by atoms with van der Waals surface area (Å²) in [6, 6.07) is 10.1. The van der Waals surface area contributed by atoms with Crippen LogP contribution in [0.15, 0.2) is 42.5 Å². The van der Waals surface area contributed by atoms with Gasteiger partial charge in [0, 0.05) is 11.8 Å². The molecule has 3 aromatic rings. The molecule has 2 aromatic carbocycles. The Morgan fingerprint density at radius 1 is 1.21 bits per heavy atom. The largest absolute Gasteiger partial charge is 0.497 e. The minimum atomic E-state index is -4.64. The van der Waals surface area contributed by atoms with E-state index in [-0.39, 0.29) is 11.4 Å². The van der Waals surface area contributed by atoms with Gasteiger partial charge in [0.2, 0.25) is 0 Å². The van der Waals surface area contributed by atoms with Crippen LogP contribution in [-0.2, 0) is 6.18 Å². The van der Waals surface area contributed by atoms with Gasteiger partial charge < -0.3 is 10.1 Å². The monoisotopic (exact) mass is 410 g/mol. The minimum absolute atomic E-state index is 0.0219. The van der Waals surface area contributed by atoms with Gasteiger partial charge in [-0.3, -0.25) is 4.79 Å². The molecular formula is C18H14ClF3N4O2. The number of rotatable bonds is 4. The molecule has 146 valence electrons. The van der Waals surface area contributed by atoms with E-state index in [0.29, 0.717) is 17.1 Å². The van der Waals surface area contributed by atoms with Gasteiger partial charge in [-0.1, -0.05) is 22.9 Å². The number of halogens is 4. The van der Waals surface area contributed by atoms with E-state index in [1.165, 1.54) is 17.9 Å². The topological polar surface area (TPSA) is 69.0 Å². The van der Waals surface area contributed by atoms with Crippen molar-refractivity contribution >= 4 is 23.2 Å². The van der Waals surface area contributed by atoms with Crippen molar-refractivity contribution in [1.29, 1.82) is 0 Å². The lowest BCUT2D eigenvalue weighted by Crippen LogP contribution is -2.15. The van der Waals surface area contributed by atoms with E-state index >= 15 is 0 Å². The maximum absolute atomic E-state index is 13.0. The number of nitrogens with zero attached hydrogens (tertiary/aromatic N) is 3. The summed E-state index contributed by atoms with van der Waals surface area (Å²) in [6.07, 6.45) is -4.64. The Morgan fingerprint density at radius 3 is 2.64 bits per heavy atom. The fourth-order valence-corrected chi connectivity index (χ4v) is 2.76. The highest BCUT2D eigenvalue weighted by Crippen LogP contribution is 2.36. The number of aromatic nitrogens is 3. The summed E-state index contributed by atoms with van der Waals surface area (Å²) < 4.78 is 45.5. The summed E-state index contributed by atoms with van der Waals surface area (Å²) in [5.74, 6) is -0.0960.